The molecule has 1 aliphatic carbocycles. The van der Waals surface area contributed by atoms with Gasteiger partial charge in [-0.15, -0.1) is 0 Å². The van der Waals surface area contributed by atoms with Gasteiger partial charge in [-0.2, -0.15) is 5.10 Å². The van der Waals surface area contributed by atoms with Crippen molar-refractivity contribution in [3.63, 3.8) is 0 Å². The Labute approximate surface area is 130 Å². The molecule has 2 aromatic heterocycles. The minimum atomic E-state index is 0.324. The van der Waals surface area contributed by atoms with Crippen LogP contribution in [0.3, 0.4) is 0 Å². The van der Waals surface area contributed by atoms with E-state index in [2.05, 4.69) is 27.0 Å². The van der Waals surface area contributed by atoms with Gasteiger partial charge in [0, 0.05) is 44.8 Å². The van der Waals surface area contributed by atoms with E-state index in [1.807, 2.05) is 22.8 Å². The number of pyridine rings is 1. The first kappa shape index (κ1) is 13.8. The molecular formula is C17H22N4O. The van der Waals surface area contributed by atoms with Crippen molar-refractivity contribution < 1.29 is 4.79 Å². The molecule has 3 heterocycles. The minimum absolute atomic E-state index is 0.324. The van der Waals surface area contributed by atoms with Crippen molar-refractivity contribution in [2.45, 2.75) is 25.8 Å². The SMILES string of the molecule is O=C(C1CCC1)N1CCN(Cc2cc3ccccn3n2)CC1. The van der Waals surface area contributed by atoms with Crippen LogP contribution in [0.15, 0.2) is 30.5 Å². The maximum Gasteiger partial charge on any atom is 0.225 e. The molecule has 0 bridgehead atoms. The standard InChI is InChI=1S/C17H22N4O/c22-17(14-4-3-5-14)20-10-8-19(9-11-20)13-15-12-16-6-1-2-7-21(16)18-15/h1-2,6-7,12,14H,3-5,8-11,13H2. The second kappa shape index (κ2) is 5.72. The average Bonchev–Trinajstić information content (AvgIpc) is 2.88. The largest absolute Gasteiger partial charge is 0.340 e. The van der Waals surface area contributed by atoms with Crippen LogP contribution in [-0.4, -0.2) is 51.5 Å². The molecule has 2 fully saturated rings. The molecule has 22 heavy (non-hydrogen) atoms. The summed E-state index contributed by atoms with van der Waals surface area (Å²) in [6.07, 6.45) is 5.40. The van der Waals surface area contributed by atoms with Crippen LogP contribution in [-0.2, 0) is 11.3 Å². The maximum atomic E-state index is 12.3. The third-order valence-corrected chi connectivity index (χ3v) is 4.94. The third-order valence-electron chi connectivity index (χ3n) is 4.94. The summed E-state index contributed by atoms with van der Waals surface area (Å²) < 4.78 is 1.92. The predicted octanol–water partition coefficient (Wildman–Crippen LogP) is 1.78. The Balaban J connectivity index is 1.34. The van der Waals surface area contributed by atoms with Crippen LogP contribution in [0.25, 0.3) is 5.52 Å². The number of carbonyl (C=O) groups excluding carboxylic acids is 1. The molecule has 2 aliphatic rings. The van der Waals surface area contributed by atoms with Crippen LogP contribution < -0.4 is 0 Å². The summed E-state index contributed by atoms with van der Waals surface area (Å²) in [7, 11) is 0. The third kappa shape index (κ3) is 2.61. The van der Waals surface area contributed by atoms with Gasteiger partial charge in [-0.1, -0.05) is 12.5 Å². The average molecular weight is 298 g/mol. The fourth-order valence-electron chi connectivity index (χ4n) is 3.34. The molecule has 0 unspecified atom stereocenters. The van der Waals surface area contributed by atoms with Crippen LogP contribution in [0.2, 0.25) is 0 Å². The first-order chi connectivity index (χ1) is 10.8. The van der Waals surface area contributed by atoms with E-state index >= 15 is 0 Å². The predicted molar refractivity (Wildman–Crippen MR) is 84.4 cm³/mol. The lowest BCUT2D eigenvalue weighted by Crippen LogP contribution is -2.50. The molecule has 1 saturated carbocycles. The smallest absolute Gasteiger partial charge is 0.225 e. The Morgan fingerprint density at radius 1 is 1.18 bits per heavy atom. The highest BCUT2D eigenvalue weighted by molar-refractivity contribution is 5.79. The monoisotopic (exact) mass is 298 g/mol. The summed E-state index contributed by atoms with van der Waals surface area (Å²) in [6, 6.07) is 8.25. The van der Waals surface area contributed by atoms with Gasteiger partial charge >= 0.3 is 0 Å². The van der Waals surface area contributed by atoms with Gasteiger partial charge < -0.3 is 4.90 Å². The van der Waals surface area contributed by atoms with Crippen molar-refractivity contribution in [3.05, 3.63) is 36.2 Å². The van der Waals surface area contributed by atoms with Gasteiger partial charge in [0.1, 0.15) is 0 Å². The zero-order chi connectivity index (χ0) is 14.9. The molecule has 0 aromatic carbocycles. The van der Waals surface area contributed by atoms with Gasteiger partial charge in [0.05, 0.1) is 11.2 Å². The van der Waals surface area contributed by atoms with Crippen LogP contribution in [0.4, 0.5) is 0 Å². The highest BCUT2D eigenvalue weighted by Gasteiger charge is 2.31. The highest BCUT2D eigenvalue weighted by Crippen LogP contribution is 2.28. The first-order valence-electron chi connectivity index (χ1n) is 8.24. The normalized spacial score (nSPS) is 20.3. The summed E-state index contributed by atoms with van der Waals surface area (Å²) in [4.78, 5) is 16.7. The fourth-order valence-corrected chi connectivity index (χ4v) is 3.34. The Morgan fingerprint density at radius 2 is 2.00 bits per heavy atom. The molecule has 0 radical (unpaired) electrons. The zero-order valence-electron chi connectivity index (χ0n) is 12.8. The number of aromatic nitrogens is 2. The molecule has 5 nitrogen and oxygen atoms in total. The lowest BCUT2D eigenvalue weighted by Gasteiger charge is -2.38. The fraction of sp³-hybridized carbons (Fsp3) is 0.529. The molecule has 0 spiro atoms. The lowest BCUT2D eigenvalue weighted by atomic mass is 9.84. The molecular weight excluding hydrogens is 276 g/mol. The van der Waals surface area contributed by atoms with E-state index in [1.54, 1.807) is 0 Å². The topological polar surface area (TPSA) is 40.9 Å². The summed E-state index contributed by atoms with van der Waals surface area (Å²) in [5.74, 6) is 0.712. The quantitative estimate of drug-likeness (QED) is 0.867. The molecule has 116 valence electrons. The van der Waals surface area contributed by atoms with Crippen molar-refractivity contribution in [2.24, 2.45) is 5.92 Å². The van der Waals surface area contributed by atoms with Crippen molar-refractivity contribution >= 4 is 11.4 Å². The minimum Gasteiger partial charge on any atom is -0.340 e. The van der Waals surface area contributed by atoms with Crippen LogP contribution in [0.1, 0.15) is 25.0 Å². The molecule has 1 aliphatic heterocycles. The molecule has 0 atom stereocenters. The molecule has 0 N–H and O–H groups in total. The summed E-state index contributed by atoms with van der Waals surface area (Å²) >= 11 is 0. The van der Waals surface area contributed by atoms with Gasteiger partial charge in [-0.3, -0.25) is 9.69 Å². The van der Waals surface area contributed by atoms with Crippen molar-refractivity contribution in [1.82, 2.24) is 19.4 Å². The molecule has 5 heteroatoms. The number of hydrogen-bond acceptors (Lipinski definition) is 3. The van der Waals surface area contributed by atoms with E-state index in [9.17, 15) is 4.79 Å². The van der Waals surface area contributed by atoms with E-state index in [-0.39, 0.29) is 0 Å². The summed E-state index contributed by atoms with van der Waals surface area (Å²) in [6.45, 7) is 4.50. The Bertz CT molecular complexity index is 635. The van der Waals surface area contributed by atoms with Gasteiger partial charge in [-0.25, -0.2) is 4.52 Å². The summed E-state index contributed by atoms with van der Waals surface area (Å²) in [5.41, 5.74) is 2.24. The Hall–Kier alpha value is -1.88. The van der Waals surface area contributed by atoms with Gasteiger partial charge in [0.25, 0.3) is 0 Å². The number of carbonyl (C=O) groups is 1. The molecule has 1 amide bonds. The van der Waals surface area contributed by atoms with E-state index in [0.29, 0.717) is 11.8 Å². The van der Waals surface area contributed by atoms with Gasteiger partial charge in [-0.05, 0) is 31.0 Å². The van der Waals surface area contributed by atoms with E-state index in [1.165, 1.54) is 6.42 Å². The number of fused-ring (bicyclic) bond motifs is 1. The number of hydrogen-bond donors (Lipinski definition) is 0. The van der Waals surface area contributed by atoms with E-state index < -0.39 is 0 Å². The van der Waals surface area contributed by atoms with Gasteiger partial charge in [0.2, 0.25) is 5.91 Å². The Kier molecular flexibility index (Phi) is 3.58. The summed E-state index contributed by atoms with van der Waals surface area (Å²) in [5, 5.41) is 4.61. The molecule has 4 rings (SSSR count). The Morgan fingerprint density at radius 3 is 2.68 bits per heavy atom. The zero-order valence-corrected chi connectivity index (χ0v) is 12.8. The number of amides is 1. The lowest BCUT2D eigenvalue weighted by molar-refractivity contribution is -0.140. The van der Waals surface area contributed by atoms with Crippen LogP contribution in [0, 0.1) is 5.92 Å². The first-order valence-corrected chi connectivity index (χ1v) is 8.24. The van der Waals surface area contributed by atoms with Crippen molar-refractivity contribution in [3.8, 4) is 0 Å². The highest BCUT2D eigenvalue weighted by atomic mass is 16.2. The number of nitrogens with zero attached hydrogens (tertiary/aromatic N) is 4. The molecule has 2 aromatic rings. The maximum absolute atomic E-state index is 12.3. The van der Waals surface area contributed by atoms with Crippen molar-refractivity contribution in [2.75, 3.05) is 26.2 Å². The number of piperazine rings is 1. The second-order valence-electron chi connectivity index (χ2n) is 6.44. The second-order valence-corrected chi connectivity index (χ2v) is 6.44. The van der Waals surface area contributed by atoms with E-state index in [0.717, 1.165) is 56.8 Å². The van der Waals surface area contributed by atoms with Crippen LogP contribution >= 0.6 is 0 Å². The van der Waals surface area contributed by atoms with E-state index in [4.69, 9.17) is 0 Å². The van der Waals surface area contributed by atoms with Crippen molar-refractivity contribution in [1.29, 1.82) is 0 Å². The number of rotatable bonds is 3. The van der Waals surface area contributed by atoms with Crippen LogP contribution in [0.5, 0.6) is 0 Å². The molecule has 1 saturated heterocycles. The van der Waals surface area contributed by atoms with Gasteiger partial charge in [0.15, 0.2) is 0 Å².